The molecule has 0 saturated carbocycles. The van der Waals surface area contributed by atoms with Gasteiger partial charge < -0.3 is 14.8 Å². The first kappa shape index (κ1) is 19.1. The summed E-state index contributed by atoms with van der Waals surface area (Å²) in [5.74, 6) is -0.401. The lowest BCUT2D eigenvalue weighted by Crippen LogP contribution is -2.61. The van der Waals surface area contributed by atoms with Crippen molar-refractivity contribution in [1.82, 2.24) is 14.9 Å². The fourth-order valence-corrected chi connectivity index (χ4v) is 2.30. The molecule has 1 aliphatic heterocycles. The normalized spacial score (nSPS) is 24.2. The number of alkyl halides is 5. The SMILES string of the molecule is [2H]C([2H])(Nc1cnc(C(F)(F)F)cn1)[C@@H]1[C@H](C)OC(F)(F)CN1C(=O)OC(C)(C)C. The van der Waals surface area contributed by atoms with Crippen LogP contribution in [0.25, 0.3) is 0 Å². The van der Waals surface area contributed by atoms with Gasteiger partial charge in [0.2, 0.25) is 0 Å². The van der Waals surface area contributed by atoms with Crippen LogP contribution < -0.4 is 5.32 Å². The number of carbonyl (C=O) groups excluding carboxylic acids is 1. The van der Waals surface area contributed by atoms with E-state index in [4.69, 9.17) is 7.48 Å². The van der Waals surface area contributed by atoms with E-state index in [1.807, 2.05) is 0 Å². The molecule has 1 aliphatic rings. The number of rotatable bonds is 3. The Kier molecular flexibility index (Phi) is 5.21. The van der Waals surface area contributed by atoms with Crippen molar-refractivity contribution in [2.24, 2.45) is 0 Å². The van der Waals surface area contributed by atoms with Gasteiger partial charge >= 0.3 is 18.4 Å². The molecule has 1 fully saturated rings. The Labute approximate surface area is 161 Å². The van der Waals surface area contributed by atoms with Crippen molar-refractivity contribution in [3.8, 4) is 0 Å². The fraction of sp³-hybridized carbons (Fsp3) is 0.688. The van der Waals surface area contributed by atoms with E-state index < -0.39 is 60.7 Å². The van der Waals surface area contributed by atoms with Gasteiger partial charge in [-0.1, -0.05) is 0 Å². The summed E-state index contributed by atoms with van der Waals surface area (Å²) < 4.78 is 91.7. The highest BCUT2D eigenvalue weighted by Crippen LogP contribution is 2.30. The molecule has 1 aromatic rings. The molecular weight excluding hydrogens is 391 g/mol. The highest BCUT2D eigenvalue weighted by molar-refractivity contribution is 5.69. The zero-order valence-corrected chi connectivity index (χ0v) is 15.5. The van der Waals surface area contributed by atoms with Gasteiger partial charge in [0.25, 0.3) is 0 Å². The second-order valence-electron chi connectivity index (χ2n) is 7.07. The summed E-state index contributed by atoms with van der Waals surface area (Å²) in [5, 5.41) is 2.19. The summed E-state index contributed by atoms with van der Waals surface area (Å²) in [4.78, 5) is 19.6. The van der Waals surface area contributed by atoms with E-state index in [1.54, 1.807) is 0 Å². The summed E-state index contributed by atoms with van der Waals surface area (Å²) >= 11 is 0. The van der Waals surface area contributed by atoms with Crippen LogP contribution in [0.1, 0.15) is 36.1 Å². The minimum atomic E-state index is -4.74. The molecule has 2 heterocycles. The van der Waals surface area contributed by atoms with Crippen molar-refractivity contribution in [2.45, 2.75) is 57.7 Å². The molecule has 2 rings (SSSR count). The zero-order chi connectivity index (χ0) is 23.1. The monoisotopic (exact) mass is 414 g/mol. The van der Waals surface area contributed by atoms with Crippen LogP contribution in [0.5, 0.6) is 0 Å². The molecule has 1 N–H and O–H groups in total. The smallest absolute Gasteiger partial charge is 0.434 e. The number of carbonyl (C=O) groups is 1. The zero-order valence-electron chi connectivity index (χ0n) is 17.5. The van der Waals surface area contributed by atoms with Crippen LogP contribution in [0.4, 0.5) is 32.6 Å². The van der Waals surface area contributed by atoms with Gasteiger partial charge in [0.1, 0.15) is 18.0 Å². The molecule has 0 aromatic carbocycles. The topological polar surface area (TPSA) is 76.6 Å². The first-order valence-corrected chi connectivity index (χ1v) is 8.14. The largest absolute Gasteiger partial charge is 0.444 e. The number of nitrogens with one attached hydrogen (secondary N) is 1. The molecular formula is C16H21F5N4O3. The Bertz CT molecular complexity index is 772. The predicted molar refractivity (Wildman–Crippen MR) is 87.7 cm³/mol. The van der Waals surface area contributed by atoms with Gasteiger partial charge in [0.05, 0.1) is 27.3 Å². The molecule has 12 heteroatoms. The number of aromatic nitrogens is 2. The Morgan fingerprint density at radius 2 is 2.04 bits per heavy atom. The summed E-state index contributed by atoms with van der Waals surface area (Å²) in [6, 6.07) is -1.63. The highest BCUT2D eigenvalue weighted by atomic mass is 19.4. The molecule has 1 saturated heterocycles. The molecule has 1 amide bonds. The van der Waals surface area contributed by atoms with E-state index in [-0.39, 0.29) is 0 Å². The predicted octanol–water partition coefficient (Wildman–Crippen LogP) is 3.52. The van der Waals surface area contributed by atoms with E-state index in [9.17, 15) is 26.7 Å². The van der Waals surface area contributed by atoms with Gasteiger partial charge in [-0.3, -0.25) is 4.90 Å². The third kappa shape index (κ3) is 5.88. The first-order chi connectivity index (χ1) is 13.4. The van der Waals surface area contributed by atoms with Crippen molar-refractivity contribution in [3.63, 3.8) is 0 Å². The molecule has 158 valence electrons. The van der Waals surface area contributed by atoms with Crippen LogP contribution in [0.2, 0.25) is 0 Å². The summed E-state index contributed by atoms with van der Waals surface area (Å²) in [5.41, 5.74) is -2.34. The molecule has 2 atom stereocenters. The summed E-state index contributed by atoms with van der Waals surface area (Å²) in [6.07, 6.45) is -10.2. The average Bonchev–Trinajstić information content (AvgIpc) is 2.50. The number of morpholine rings is 1. The minimum Gasteiger partial charge on any atom is -0.444 e. The Morgan fingerprint density at radius 3 is 2.54 bits per heavy atom. The van der Waals surface area contributed by atoms with Crippen LogP contribution in [0.15, 0.2) is 12.4 Å². The number of hydrogen-bond donors (Lipinski definition) is 1. The van der Waals surface area contributed by atoms with Crippen molar-refractivity contribution in [3.05, 3.63) is 18.1 Å². The standard InChI is InChI=1S/C16H21F5N4O3/c1-9-10(5-23-12-7-22-11(6-24-12)16(19,20)21)25(8-15(17,18)27-9)13(26)28-14(2,3)4/h6-7,9-10H,5,8H2,1-4H3,(H,23,24)/t9-,10+/m0/s1/i5D2. The Balaban J connectivity index is 2.31. The van der Waals surface area contributed by atoms with Crippen molar-refractivity contribution in [1.29, 1.82) is 0 Å². The minimum absolute atomic E-state index is 0.388. The van der Waals surface area contributed by atoms with Gasteiger partial charge in [-0.05, 0) is 27.7 Å². The third-order valence-electron chi connectivity index (χ3n) is 3.41. The van der Waals surface area contributed by atoms with Crippen molar-refractivity contribution < 1.29 is 39.0 Å². The molecule has 28 heavy (non-hydrogen) atoms. The van der Waals surface area contributed by atoms with Gasteiger partial charge in [-0.2, -0.15) is 22.0 Å². The maximum atomic E-state index is 13.9. The van der Waals surface area contributed by atoms with Crippen molar-refractivity contribution in [2.75, 3.05) is 18.4 Å². The lowest BCUT2D eigenvalue weighted by atomic mass is 10.1. The molecule has 7 nitrogen and oxygen atoms in total. The van der Waals surface area contributed by atoms with Crippen LogP contribution in [0, 0.1) is 0 Å². The molecule has 0 bridgehead atoms. The molecule has 1 aromatic heterocycles. The number of ether oxygens (including phenoxy) is 2. The van der Waals surface area contributed by atoms with Crippen LogP contribution >= 0.6 is 0 Å². The number of amides is 1. The van der Waals surface area contributed by atoms with Gasteiger partial charge in [0.15, 0.2) is 5.69 Å². The van der Waals surface area contributed by atoms with Crippen LogP contribution in [-0.2, 0) is 15.7 Å². The second-order valence-corrected chi connectivity index (χ2v) is 7.07. The van der Waals surface area contributed by atoms with E-state index in [0.717, 1.165) is 6.92 Å². The highest BCUT2D eigenvalue weighted by Gasteiger charge is 2.48. The Hall–Kier alpha value is -2.24. The van der Waals surface area contributed by atoms with Crippen molar-refractivity contribution >= 4 is 11.9 Å². The number of anilines is 1. The number of halogens is 5. The van der Waals surface area contributed by atoms with E-state index in [2.05, 4.69) is 20.0 Å². The summed E-state index contributed by atoms with van der Waals surface area (Å²) in [6.45, 7) is 1.72. The van der Waals surface area contributed by atoms with E-state index >= 15 is 0 Å². The van der Waals surface area contributed by atoms with E-state index in [0.29, 0.717) is 17.3 Å². The molecule has 0 unspecified atom stereocenters. The van der Waals surface area contributed by atoms with Crippen LogP contribution in [0.3, 0.4) is 0 Å². The first-order valence-electron chi connectivity index (χ1n) is 9.14. The van der Waals surface area contributed by atoms with Gasteiger partial charge in [-0.15, -0.1) is 0 Å². The molecule has 0 spiro atoms. The summed E-state index contributed by atoms with van der Waals surface area (Å²) in [7, 11) is 0. The van der Waals surface area contributed by atoms with E-state index in [1.165, 1.54) is 20.8 Å². The third-order valence-corrected chi connectivity index (χ3v) is 3.41. The quantitative estimate of drug-likeness (QED) is 0.763. The lowest BCUT2D eigenvalue weighted by Gasteiger charge is -2.43. The fourth-order valence-electron chi connectivity index (χ4n) is 2.30. The maximum absolute atomic E-state index is 13.9. The maximum Gasteiger partial charge on any atom is 0.434 e. The number of nitrogens with zero attached hydrogens (tertiary/aromatic N) is 3. The van der Waals surface area contributed by atoms with Gasteiger partial charge in [0, 0.05) is 6.50 Å². The van der Waals surface area contributed by atoms with Crippen LogP contribution in [-0.4, -0.2) is 57.9 Å². The second kappa shape index (κ2) is 7.64. The van der Waals surface area contributed by atoms with Gasteiger partial charge in [-0.25, -0.2) is 14.8 Å². The Morgan fingerprint density at radius 1 is 1.39 bits per heavy atom. The average molecular weight is 414 g/mol. The lowest BCUT2D eigenvalue weighted by molar-refractivity contribution is -0.300. The molecule has 0 radical (unpaired) electrons. The number of hydrogen-bond acceptors (Lipinski definition) is 6. The molecule has 0 aliphatic carbocycles.